The number of carbonyl (C=O) groups excluding carboxylic acids is 1. The highest BCUT2D eigenvalue weighted by Gasteiger charge is 2.34. The molecular weight excluding hydrogens is 454 g/mol. The molecule has 0 saturated heterocycles. The van der Waals surface area contributed by atoms with Crippen LogP contribution in [0.4, 0.5) is 28.0 Å². The Balaban J connectivity index is 1.55. The number of nitrogens with one attached hydrogen (secondary N) is 1. The van der Waals surface area contributed by atoms with Gasteiger partial charge >= 0.3 is 12.4 Å². The molecule has 1 unspecified atom stereocenters. The number of aromatic nitrogens is 1. The molecule has 34 heavy (non-hydrogen) atoms. The van der Waals surface area contributed by atoms with Gasteiger partial charge in [-0.1, -0.05) is 12.1 Å². The number of ether oxygens (including phenoxy) is 1. The van der Waals surface area contributed by atoms with Crippen molar-refractivity contribution in [2.45, 2.75) is 12.3 Å². The standard InChI is InChI=1S/C23H15F4N5O2/c24-16-4-2-15(3-5-16)21-19(20-10-1-14(11-28)12-29-20)13-32(31-21)22(33)30-17-6-8-18(9-7-17)34-23(25,26)27/h1-10,12,19H,13H2,(H,30,33). The van der Waals surface area contributed by atoms with Crippen molar-refractivity contribution >= 4 is 17.4 Å². The number of nitriles is 1. The number of alkyl halides is 3. The second kappa shape index (κ2) is 9.19. The molecule has 1 aliphatic rings. The first kappa shape index (κ1) is 22.7. The number of urea groups is 1. The molecular formula is C23H15F4N5O2. The number of benzene rings is 2. The van der Waals surface area contributed by atoms with Crippen LogP contribution in [0.1, 0.15) is 22.7 Å². The minimum absolute atomic E-state index is 0.104. The van der Waals surface area contributed by atoms with Crippen LogP contribution in [0.15, 0.2) is 72.0 Å². The van der Waals surface area contributed by atoms with Crippen LogP contribution in [0.3, 0.4) is 0 Å². The summed E-state index contributed by atoms with van der Waals surface area (Å²) in [6, 6.07) is 14.9. The molecule has 3 aromatic rings. The SMILES string of the molecule is N#Cc1ccc(C2CN(C(=O)Nc3ccc(OC(F)(F)F)cc3)N=C2c2ccc(F)cc2)nc1. The van der Waals surface area contributed by atoms with Crippen molar-refractivity contribution in [2.75, 3.05) is 11.9 Å². The number of hydrogen-bond donors (Lipinski definition) is 1. The summed E-state index contributed by atoms with van der Waals surface area (Å²) in [7, 11) is 0. The van der Waals surface area contributed by atoms with Gasteiger partial charge in [0.1, 0.15) is 17.6 Å². The minimum Gasteiger partial charge on any atom is -0.406 e. The first-order valence-electron chi connectivity index (χ1n) is 9.86. The predicted molar refractivity (Wildman–Crippen MR) is 113 cm³/mol. The van der Waals surface area contributed by atoms with Crippen LogP contribution in [-0.4, -0.2) is 34.6 Å². The molecule has 2 amide bonds. The normalized spacial score (nSPS) is 15.4. The second-order valence-corrected chi connectivity index (χ2v) is 7.21. The Morgan fingerprint density at radius 2 is 1.79 bits per heavy atom. The van der Waals surface area contributed by atoms with E-state index in [0.29, 0.717) is 22.5 Å². The fraction of sp³-hybridized carbons (Fsp3) is 0.130. The fourth-order valence-corrected chi connectivity index (χ4v) is 3.35. The quantitative estimate of drug-likeness (QED) is 0.543. The van der Waals surface area contributed by atoms with Crippen LogP contribution in [0.25, 0.3) is 0 Å². The van der Waals surface area contributed by atoms with Crippen molar-refractivity contribution in [3.63, 3.8) is 0 Å². The van der Waals surface area contributed by atoms with E-state index in [1.165, 1.54) is 42.6 Å². The molecule has 7 nitrogen and oxygen atoms in total. The smallest absolute Gasteiger partial charge is 0.406 e. The third-order valence-corrected chi connectivity index (χ3v) is 4.90. The highest BCUT2D eigenvalue weighted by molar-refractivity contribution is 6.07. The molecule has 0 fully saturated rings. The van der Waals surface area contributed by atoms with Gasteiger partial charge in [0, 0.05) is 11.9 Å². The topological polar surface area (TPSA) is 90.6 Å². The van der Waals surface area contributed by atoms with Gasteiger partial charge in [-0.15, -0.1) is 13.2 Å². The molecule has 11 heteroatoms. The van der Waals surface area contributed by atoms with Gasteiger partial charge in [0.25, 0.3) is 0 Å². The monoisotopic (exact) mass is 469 g/mol. The highest BCUT2D eigenvalue weighted by atomic mass is 19.4. The lowest BCUT2D eigenvalue weighted by Crippen LogP contribution is -2.30. The van der Waals surface area contributed by atoms with E-state index in [1.54, 1.807) is 12.1 Å². The number of hydrazone groups is 1. The Labute approximate surface area is 190 Å². The van der Waals surface area contributed by atoms with Crippen LogP contribution in [0.5, 0.6) is 5.75 Å². The zero-order valence-electron chi connectivity index (χ0n) is 17.3. The Hall–Kier alpha value is -4.46. The van der Waals surface area contributed by atoms with E-state index in [9.17, 15) is 22.4 Å². The first-order chi connectivity index (χ1) is 16.2. The van der Waals surface area contributed by atoms with Crippen LogP contribution in [-0.2, 0) is 0 Å². The van der Waals surface area contributed by atoms with Crippen molar-refractivity contribution in [3.8, 4) is 11.8 Å². The van der Waals surface area contributed by atoms with Crippen molar-refractivity contribution in [1.82, 2.24) is 9.99 Å². The zero-order chi connectivity index (χ0) is 24.3. The lowest BCUT2D eigenvalue weighted by Gasteiger charge is -2.16. The van der Waals surface area contributed by atoms with Crippen molar-refractivity contribution in [3.05, 3.63) is 89.5 Å². The fourth-order valence-electron chi connectivity index (χ4n) is 3.35. The average Bonchev–Trinajstić information content (AvgIpc) is 3.26. The molecule has 2 aromatic carbocycles. The Kier molecular flexibility index (Phi) is 6.14. The van der Waals surface area contributed by atoms with E-state index in [-0.39, 0.29) is 12.2 Å². The van der Waals surface area contributed by atoms with Gasteiger partial charge < -0.3 is 10.1 Å². The number of nitrogens with zero attached hydrogens (tertiary/aromatic N) is 4. The van der Waals surface area contributed by atoms with Crippen LogP contribution < -0.4 is 10.1 Å². The summed E-state index contributed by atoms with van der Waals surface area (Å²) in [5.74, 6) is -1.30. The molecule has 1 N–H and O–H groups in total. The maximum Gasteiger partial charge on any atom is 0.573 e. The van der Waals surface area contributed by atoms with Gasteiger partial charge in [0.15, 0.2) is 0 Å². The minimum atomic E-state index is -4.82. The van der Waals surface area contributed by atoms with Crippen molar-refractivity contribution < 1.29 is 27.1 Å². The molecule has 0 aliphatic carbocycles. The van der Waals surface area contributed by atoms with Gasteiger partial charge in [-0.05, 0) is 54.1 Å². The number of amides is 2. The van der Waals surface area contributed by atoms with E-state index < -0.39 is 29.9 Å². The first-order valence-corrected chi connectivity index (χ1v) is 9.86. The van der Waals surface area contributed by atoms with Crippen LogP contribution in [0.2, 0.25) is 0 Å². The predicted octanol–water partition coefficient (Wildman–Crippen LogP) is 5.03. The maximum absolute atomic E-state index is 13.4. The largest absolute Gasteiger partial charge is 0.573 e. The van der Waals surface area contributed by atoms with Gasteiger partial charge in [-0.2, -0.15) is 10.4 Å². The highest BCUT2D eigenvalue weighted by Crippen LogP contribution is 2.29. The number of hydrogen-bond acceptors (Lipinski definition) is 5. The Morgan fingerprint density at radius 3 is 2.38 bits per heavy atom. The summed E-state index contributed by atoms with van der Waals surface area (Å²) in [6.45, 7) is 0.104. The Bertz CT molecular complexity index is 1250. The van der Waals surface area contributed by atoms with E-state index >= 15 is 0 Å². The zero-order valence-corrected chi connectivity index (χ0v) is 17.3. The lowest BCUT2D eigenvalue weighted by molar-refractivity contribution is -0.274. The van der Waals surface area contributed by atoms with Crippen LogP contribution >= 0.6 is 0 Å². The van der Waals surface area contributed by atoms with Gasteiger partial charge in [-0.25, -0.2) is 14.2 Å². The summed E-state index contributed by atoms with van der Waals surface area (Å²) in [4.78, 5) is 17.1. The van der Waals surface area contributed by atoms with Crippen molar-refractivity contribution in [1.29, 1.82) is 5.26 Å². The summed E-state index contributed by atoms with van der Waals surface area (Å²) in [5.41, 5.74) is 2.22. The molecule has 1 atom stereocenters. The van der Waals surface area contributed by atoms with E-state index in [0.717, 1.165) is 17.1 Å². The number of halogens is 4. The van der Waals surface area contributed by atoms with E-state index in [1.807, 2.05) is 6.07 Å². The molecule has 0 spiro atoms. The lowest BCUT2D eigenvalue weighted by atomic mass is 9.94. The van der Waals surface area contributed by atoms with E-state index in [4.69, 9.17) is 5.26 Å². The van der Waals surface area contributed by atoms with Gasteiger partial charge in [0.2, 0.25) is 0 Å². The van der Waals surface area contributed by atoms with Gasteiger partial charge in [0.05, 0.1) is 29.4 Å². The van der Waals surface area contributed by atoms with E-state index in [2.05, 4.69) is 20.1 Å². The molecule has 0 saturated carbocycles. The number of pyridine rings is 1. The molecule has 0 bridgehead atoms. The van der Waals surface area contributed by atoms with Gasteiger partial charge in [-0.3, -0.25) is 4.98 Å². The maximum atomic E-state index is 13.4. The molecule has 2 heterocycles. The number of carbonyl (C=O) groups is 1. The number of anilines is 1. The third kappa shape index (κ3) is 5.29. The molecule has 0 radical (unpaired) electrons. The summed E-state index contributed by atoms with van der Waals surface area (Å²) < 4.78 is 54.2. The molecule has 4 rings (SSSR count). The molecule has 1 aromatic heterocycles. The second-order valence-electron chi connectivity index (χ2n) is 7.21. The summed E-state index contributed by atoms with van der Waals surface area (Å²) in [6.07, 6.45) is -3.41. The molecule has 172 valence electrons. The third-order valence-electron chi connectivity index (χ3n) is 4.90. The average molecular weight is 469 g/mol. The number of rotatable bonds is 4. The van der Waals surface area contributed by atoms with Crippen LogP contribution in [0, 0.1) is 17.1 Å². The van der Waals surface area contributed by atoms with Crippen molar-refractivity contribution in [2.24, 2.45) is 5.10 Å². The summed E-state index contributed by atoms with van der Waals surface area (Å²) >= 11 is 0. The summed E-state index contributed by atoms with van der Waals surface area (Å²) in [5, 5.41) is 17.1. The molecule has 1 aliphatic heterocycles. The Morgan fingerprint density at radius 1 is 1.09 bits per heavy atom.